The number of carbonyl (C=O) groups is 1. The molecule has 0 saturated carbocycles. The van der Waals surface area contributed by atoms with Crippen LogP contribution in [0.1, 0.15) is 0 Å². The highest BCUT2D eigenvalue weighted by atomic mass is 79.9. The van der Waals surface area contributed by atoms with Crippen molar-refractivity contribution in [3.63, 3.8) is 0 Å². The molecule has 1 aliphatic rings. The number of carbonyl (C=O) groups excluding carboxylic acids is 1. The zero-order chi connectivity index (χ0) is 14.8. The van der Waals surface area contributed by atoms with Crippen LogP contribution in [0.5, 0.6) is 11.5 Å². The van der Waals surface area contributed by atoms with Gasteiger partial charge in [0.1, 0.15) is 6.61 Å². The van der Waals surface area contributed by atoms with Crippen molar-refractivity contribution in [1.82, 2.24) is 0 Å². The Bertz CT molecular complexity index is 692. The Balaban J connectivity index is 1.70. The Morgan fingerprint density at radius 3 is 2.76 bits per heavy atom. The van der Waals surface area contributed by atoms with Crippen LogP contribution in [0.25, 0.3) is 0 Å². The second kappa shape index (κ2) is 5.95. The smallest absolute Gasteiger partial charge is 0.269 e. The first-order valence-electron chi connectivity index (χ1n) is 6.28. The maximum atomic E-state index is 12.2. The third-order valence-electron chi connectivity index (χ3n) is 2.99. The van der Waals surface area contributed by atoms with Crippen molar-refractivity contribution >= 4 is 39.1 Å². The summed E-state index contributed by atoms with van der Waals surface area (Å²) in [6.45, 7) is 0.174. The van der Waals surface area contributed by atoms with Crippen molar-refractivity contribution in [1.29, 1.82) is 0 Å². The minimum Gasteiger partial charge on any atom is -0.485 e. The molecule has 2 aromatic carbocycles. The van der Waals surface area contributed by atoms with Crippen LogP contribution in [0.15, 0.2) is 46.9 Å². The van der Waals surface area contributed by atoms with Gasteiger partial charge in [0.25, 0.3) is 5.91 Å². The Morgan fingerprint density at radius 1 is 1.24 bits per heavy atom. The van der Waals surface area contributed by atoms with E-state index in [0.29, 0.717) is 22.2 Å². The molecule has 1 amide bonds. The maximum absolute atomic E-state index is 12.2. The Hall–Kier alpha value is -1.72. The second-order valence-electron chi connectivity index (χ2n) is 4.48. The van der Waals surface area contributed by atoms with Gasteiger partial charge in [-0.2, -0.15) is 0 Å². The molecule has 0 aliphatic carbocycles. The fourth-order valence-electron chi connectivity index (χ4n) is 1.95. The van der Waals surface area contributed by atoms with Gasteiger partial charge >= 0.3 is 0 Å². The first-order chi connectivity index (χ1) is 10.1. The Labute approximate surface area is 135 Å². The molecular weight excluding hydrogens is 358 g/mol. The summed E-state index contributed by atoms with van der Waals surface area (Å²) in [5.74, 6) is 0.939. The predicted molar refractivity (Wildman–Crippen MR) is 84.1 cm³/mol. The van der Waals surface area contributed by atoms with Crippen LogP contribution in [0.2, 0.25) is 5.02 Å². The number of para-hydroxylation sites is 2. The Kier molecular flexibility index (Phi) is 4.03. The molecule has 0 radical (unpaired) electrons. The summed E-state index contributed by atoms with van der Waals surface area (Å²) in [7, 11) is 0. The Morgan fingerprint density at radius 2 is 2.00 bits per heavy atom. The van der Waals surface area contributed by atoms with Gasteiger partial charge in [0.05, 0.1) is 5.02 Å². The van der Waals surface area contributed by atoms with Gasteiger partial charge in [-0.05, 0) is 46.3 Å². The summed E-state index contributed by atoms with van der Waals surface area (Å²) in [5, 5.41) is 3.29. The first-order valence-corrected chi connectivity index (χ1v) is 7.45. The molecule has 2 aromatic rings. The molecule has 0 aromatic heterocycles. The zero-order valence-electron chi connectivity index (χ0n) is 10.8. The number of nitrogens with one attached hydrogen (secondary N) is 1. The molecular formula is C15H11BrClNO3. The molecule has 3 rings (SSSR count). The van der Waals surface area contributed by atoms with Gasteiger partial charge in [0.15, 0.2) is 11.5 Å². The number of rotatable bonds is 2. The maximum Gasteiger partial charge on any atom is 0.269 e. The van der Waals surface area contributed by atoms with Gasteiger partial charge in [-0.3, -0.25) is 4.79 Å². The number of hydrogen-bond acceptors (Lipinski definition) is 3. The molecule has 0 spiro atoms. The first kappa shape index (κ1) is 14.2. The molecule has 108 valence electrons. The van der Waals surface area contributed by atoms with Crippen molar-refractivity contribution in [3.8, 4) is 11.5 Å². The van der Waals surface area contributed by atoms with Crippen LogP contribution in [0.4, 0.5) is 5.69 Å². The molecule has 1 heterocycles. The SMILES string of the molecule is O=C(Nc1ccc(Br)c(Cl)c1)[C@H]1COc2ccccc2O1. The van der Waals surface area contributed by atoms with Crippen molar-refractivity contribution in [2.45, 2.75) is 6.10 Å². The van der Waals surface area contributed by atoms with E-state index < -0.39 is 6.10 Å². The number of anilines is 1. The lowest BCUT2D eigenvalue weighted by atomic mass is 10.2. The van der Waals surface area contributed by atoms with Gasteiger partial charge in [-0.1, -0.05) is 23.7 Å². The molecule has 1 atom stereocenters. The number of ether oxygens (including phenoxy) is 2. The van der Waals surface area contributed by atoms with E-state index in [1.165, 1.54) is 0 Å². The number of benzene rings is 2. The normalized spacial score (nSPS) is 16.4. The van der Waals surface area contributed by atoms with E-state index in [2.05, 4.69) is 21.2 Å². The van der Waals surface area contributed by atoms with Crippen molar-refractivity contribution in [2.75, 3.05) is 11.9 Å². The van der Waals surface area contributed by atoms with E-state index in [1.807, 2.05) is 12.1 Å². The van der Waals surface area contributed by atoms with Gasteiger partial charge in [0, 0.05) is 10.2 Å². The summed E-state index contributed by atoms with van der Waals surface area (Å²) < 4.78 is 11.9. The highest BCUT2D eigenvalue weighted by molar-refractivity contribution is 9.10. The summed E-state index contributed by atoms with van der Waals surface area (Å²) in [4.78, 5) is 12.2. The third-order valence-corrected chi connectivity index (χ3v) is 4.22. The number of fused-ring (bicyclic) bond motifs is 1. The quantitative estimate of drug-likeness (QED) is 0.875. The van der Waals surface area contributed by atoms with Crippen LogP contribution in [-0.4, -0.2) is 18.6 Å². The highest BCUT2D eigenvalue weighted by Crippen LogP contribution is 2.31. The lowest BCUT2D eigenvalue weighted by Crippen LogP contribution is -2.40. The average molecular weight is 369 g/mol. The van der Waals surface area contributed by atoms with E-state index in [0.717, 1.165) is 4.47 Å². The topological polar surface area (TPSA) is 47.6 Å². The molecule has 1 N–H and O–H groups in total. The molecule has 4 nitrogen and oxygen atoms in total. The van der Waals surface area contributed by atoms with E-state index in [1.54, 1.807) is 30.3 Å². The molecule has 0 fully saturated rings. The molecule has 0 bridgehead atoms. The van der Waals surface area contributed by atoms with Crippen LogP contribution >= 0.6 is 27.5 Å². The molecule has 0 unspecified atom stereocenters. The van der Waals surface area contributed by atoms with E-state index >= 15 is 0 Å². The molecule has 6 heteroatoms. The van der Waals surface area contributed by atoms with Gasteiger partial charge < -0.3 is 14.8 Å². The van der Waals surface area contributed by atoms with Gasteiger partial charge in [-0.25, -0.2) is 0 Å². The fraction of sp³-hybridized carbons (Fsp3) is 0.133. The minimum atomic E-state index is -0.692. The standard InChI is InChI=1S/C15H11BrClNO3/c16-10-6-5-9(7-11(10)17)18-15(19)14-8-20-12-3-1-2-4-13(12)21-14/h1-7,14H,8H2,(H,18,19)/t14-/m1/s1. The molecule has 21 heavy (non-hydrogen) atoms. The lowest BCUT2D eigenvalue weighted by molar-refractivity contribution is -0.125. The summed E-state index contributed by atoms with van der Waals surface area (Å²) in [6.07, 6.45) is -0.692. The molecule has 0 saturated heterocycles. The largest absolute Gasteiger partial charge is 0.485 e. The monoisotopic (exact) mass is 367 g/mol. The van der Waals surface area contributed by atoms with Gasteiger partial charge in [-0.15, -0.1) is 0 Å². The van der Waals surface area contributed by atoms with Crippen LogP contribution in [-0.2, 0) is 4.79 Å². The van der Waals surface area contributed by atoms with Crippen molar-refractivity contribution < 1.29 is 14.3 Å². The third kappa shape index (κ3) is 3.14. The predicted octanol–water partition coefficient (Wildman–Crippen LogP) is 3.88. The minimum absolute atomic E-state index is 0.174. The summed E-state index contributed by atoms with van der Waals surface area (Å²) in [5.41, 5.74) is 0.607. The second-order valence-corrected chi connectivity index (χ2v) is 5.74. The van der Waals surface area contributed by atoms with E-state index in [9.17, 15) is 4.79 Å². The molecule has 1 aliphatic heterocycles. The summed E-state index contributed by atoms with van der Waals surface area (Å²) in [6, 6.07) is 12.4. The number of amides is 1. The number of halogens is 2. The van der Waals surface area contributed by atoms with E-state index in [4.69, 9.17) is 21.1 Å². The average Bonchev–Trinajstić information content (AvgIpc) is 2.50. The number of hydrogen-bond donors (Lipinski definition) is 1. The highest BCUT2D eigenvalue weighted by Gasteiger charge is 2.27. The van der Waals surface area contributed by atoms with E-state index in [-0.39, 0.29) is 12.5 Å². The fourth-order valence-corrected chi connectivity index (χ4v) is 2.37. The van der Waals surface area contributed by atoms with Crippen molar-refractivity contribution in [3.05, 3.63) is 52.0 Å². The summed E-state index contributed by atoms with van der Waals surface area (Å²) >= 11 is 9.30. The zero-order valence-corrected chi connectivity index (χ0v) is 13.1. The van der Waals surface area contributed by atoms with Crippen LogP contribution in [0.3, 0.4) is 0 Å². The van der Waals surface area contributed by atoms with Gasteiger partial charge in [0.2, 0.25) is 6.10 Å². The van der Waals surface area contributed by atoms with Crippen LogP contribution in [0, 0.1) is 0 Å². The van der Waals surface area contributed by atoms with Crippen LogP contribution < -0.4 is 14.8 Å². The lowest BCUT2D eigenvalue weighted by Gasteiger charge is -2.25. The van der Waals surface area contributed by atoms with Crippen molar-refractivity contribution in [2.24, 2.45) is 0 Å².